The summed E-state index contributed by atoms with van der Waals surface area (Å²) in [7, 11) is 1.69. The van der Waals surface area contributed by atoms with Crippen LogP contribution >= 0.6 is 0 Å². The van der Waals surface area contributed by atoms with Gasteiger partial charge in [-0.25, -0.2) is 0 Å². The maximum atomic E-state index is 12.2. The molecule has 0 N–H and O–H groups in total. The van der Waals surface area contributed by atoms with Gasteiger partial charge in [-0.3, -0.25) is 9.69 Å². The molecular formula is C18H22N2O3. The molecular weight excluding hydrogens is 292 g/mol. The van der Waals surface area contributed by atoms with Crippen LogP contribution in [0.3, 0.4) is 0 Å². The highest BCUT2D eigenvalue weighted by atomic mass is 16.5. The summed E-state index contributed by atoms with van der Waals surface area (Å²) in [6.07, 6.45) is 1.54. The molecule has 1 fully saturated rings. The fourth-order valence-corrected chi connectivity index (χ4v) is 2.96. The number of piperazine rings is 1. The minimum Gasteiger partial charge on any atom is -0.496 e. The van der Waals surface area contributed by atoms with Crippen molar-refractivity contribution in [2.45, 2.75) is 13.5 Å². The smallest absolute Gasteiger partial charge is 0.289 e. The molecule has 0 radical (unpaired) electrons. The van der Waals surface area contributed by atoms with Gasteiger partial charge in [-0.1, -0.05) is 12.1 Å². The van der Waals surface area contributed by atoms with Gasteiger partial charge in [-0.15, -0.1) is 0 Å². The van der Waals surface area contributed by atoms with Gasteiger partial charge in [0.25, 0.3) is 5.91 Å². The molecule has 23 heavy (non-hydrogen) atoms. The first kappa shape index (κ1) is 15.6. The summed E-state index contributed by atoms with van der Waals surface area (Å²) in [6, 6.07) is 9.75. The second kappa shape index (κ2) is 6.87. The van der Waals surface area contributed by atoms with E-state index >= 15 is 0 Å². The Hall–Kier alpha value is -2.27. The fourth-order valence-electron chi connectivity index (χ4n) is 2.96. The number of rotatable bonds is 4. The first-order valence-electron chi connectivity index (χ1n) is 7.86. The predicted molar refractivity (Wildman–Crippen MR) is 87.6 cm³/mol. The van der Waals surface area contributed by atoms with Gasteiger partial charge in [0.1, 0.15) is 5.75 Å². The number of carbonyl (C=O) groups is 1. The number of furan rings is 1. The molecule has 3 rings (SSSR count). The summed E-state index contributed by atoms with van der Waals surface area (Å²) in [6.45, 7) is 6.16. The summed E-state index contributed by atoms with van der Waals surface area (Å²) >= 11 is 0. The molecule has 2 aromatic rings. The normalized spacial score (nSPS) is 15.7. The molecule has 1 aromatic heterocycles. The molecule has 1 saturated heterocycles. The highest BCUT2D eigenvalue weighted by molar-refractivity contribution is 5.91. The van der Waals surface area contributed by atoms with Crippen molar-refractivity contribution in [2.24, 2.45) is 0 Å². The van der Waals surface area contributed by atoms with Gasteiger partial charge in [-0.05, 0) is 36.2 Å². The van der Waals surface area contributed by atoms with Gasteiger partial charge in [-0.2, -0.15) is 0 Å². The van der Waals surface area contributed by atoms with Crippen LogP contribution in [0.15, 0.2) is 41.0 Å². The number of hydrogen-bond acceptors (Lipinski definition) is 4. The number of methoxy groups -OCH3 is 1. The van der Waals surface area contributed by atoms with E-state index in [1.54, 1.807) is 19.2 Å². The lowest BCUT2D eigenvalue weighted by Crippen LogP contribution is -2.48. The number of benzene rings is 1. The standard InChI is InChI=1S/C18H22N2O3/c1-14-12-15(5-6-16(14)22-2)13-19-7-9-20(10-8-19)18(21)17-4-3-11-23-17/h3-6,11-12H,7-10,13H2,1-2H3. The molecule has 0 spiro atoms. The van der Waals surface area contributed by atoms with Crippen molar-refractivity contribution in [2.75, 3.05) is 33.3 Å². The monoisotopic (exact) mass is 314 g/mol. The molecule has 1 amide bonds. The molecule has 122 valence electrons. The lowest BCUT2D eigenvalue weighted by molar-refractivity contribution is 0.0598. The van der Waals surface area contributed by atoms with Gasteiger partial charge in [0.15, 0.2) is 5.76 Å². The van der Waals surface area contributed by atoms with E-state index in [1.807, 2.05) is 11.0 Å². The summed E-state index contributed by atoms with van der Waals surface area (Å²) in [5.41, 5.74) is 2.42. The summed E-state index contributed by atoms with van der Waals surface area (Å²) in [5, 5.41) is 0. The highest BCUT2D eigenvalue weighted by Crippen LogP contribution is 2.20. The fraction of sp³-hybridized carbons (Fsp3) is 0.389. The van der Waals surface area contributed by atoms with Crippen LogP contribution in [0.2, 0.25) is 0 Å². The maximum absolute atomic E-state index is 12.2. The zero-order valence-corrected chi connectivity index (χ0v) is 13.6. The Morgan fingerprint density at radius 3 is 2.61 bits per heavy atom. The summed E-state index contributed by atoms with van der Waals surface area (Å²) in [5.74, 6) is 1.32. The van der Waals surface area contributed by atoms with E-state index in [0.29, 0.717) is 5.76 Å². The van der Waals surface area contributed by atoms with E-state index in [1.165, 1.54) is 11.8 Å². The Kier molecular flexibility index (Phi) is 4.67. The van der Waals surface area contributed by atoms with E-state index < -0.39 is 0 Å². The molecule has 0 saturated carbocycles. The molecule has 1 aromatic carbocycles. The van der Waals surface area contributed by atoms with Crippen molar-refractivity contribution in [3.05, 3.63) is 53.5 Å². The zero-order chi connectivity index (χ0) is 16.2. The second-order valence-corrected chi connectivity index (χ2v) is 5.85. The van der Waals surface area contributed by atoms with Crippen LogP contribution in [0.25, 0.3) is 0 Å². The number of carbonyl (C=O) groups excluding carboxylic acids is 1. The molecule has 0 bridgehead atoms. The van der Waals surface area contributed by atoms with Crippen LogP contribution in [0.4, 0.5) is 0 Å². The van der Waals surface area contributed by atoms with Crippen LogP contribution in [0, 0.1) is 6.92 Å². The summed E-state index contributed by atoms with van der Waals surface area (Å²) < 4.78 is 10.5. The SMILES string of the molecule is COc1ccc(CN2CCN(C(=O)c3ccco3)CC2)cc1C. The van der Waals surface area contributed by atoms with Crippen molar-refractivity contribution in [3.8, 4) is 5.75 Å². The van der Waals surface area contributed by atoms with E-state index in [4.69, 9.17) is 9.15 Å². The van der Waals surface area contributed by atoms with Gasteiger partial charge in [0.2, 0.25) is 0 Å². The lowest BCUT2D eigenvalue weighted by atomic mass is 10.1. The van der Waals surface area contributed by atoms with Crippen LogP contribution in [0.5, 0.6) is 5.75 Å². The Balaban J connectivity index is 1.55. The number of aryl methyl sites for hydroxylation is 1. The number of nitrogens with zero attached hydrogens (tertiary/aromatic N) is 2. The Labute approximate surface area is 136 Å². The molecule has 0 unspecified atom stereocenters. The first-order valence-corrected chi connectivity index (χ1v) is 7.86. The number of ether oxygens (including phenoxy) is 1. The summed E-state index contributed by atoms with van der Waals surface area (Å²) in [4.78, 5) is 16.5. The van der Waals surface area contributed by atoms with Crippen LogP contribution in [-0.4, -0.2) is 49.0 Å². The largest absolute Gasteiger partial charge is 0.496 e. The minimum atomic E-state index is -0.0186. The van der Waals surface area contributed by atoms with Crippen molar-refractivity contribution in [1.29, 1.82) is 0 Å². The van der Waals surface area contributed by atoms with Crippen molar-refractivity contribution < 1.29 is 13.9 Å². The third kappa shape index (κ3) is 3.56. The molecule has 2 heterocycles. The topological polar surface area (TPSA) is 45.9 Å². The van der Waals surface area contributed by atoms with Crippen LogP contribution in [-0.2, 0) is 6.54 Å². The molecule has 0 aliphatic carbocycles. The molecule has 0 atom stereocenters. The van der Waals surface area contributed by atoms with E-state index in [-0.39, 0.29) is 5.91 Å². The van der Waals surface area contributed by atoms with Gasteiger partial charge >= 0.3 is 0 Å². The predicted octanol–water partition coefficient (Wildman–Crippen LogP) is 2.55. The van der Waals surface area contributed by atoms with Crippen molar-refractivity contribution in [1.82, 2.24) is 9.80 Å². The van der Waals surface area contributed by atoms with Gasteiger partial charge < -0.3 is 14.1 Å². The second-order valence-electron chi connectivity index (χ2n) is 5.85. The molecule has 1 aliphatic heterocycles. The van der Waals surface area contributed by atoms with E-state index in [2.05, 4.69) is 24.0 Å². The minimum absolute atomic E-state index is 0.0186. The Bertz CT molecular complexity index is 659. The Morgan fingerprint density at radius 1 is 1.22 bits per heavy atom. The van der Waals surface area contributed by atoms with Crippen molar-refractivity contribution in [3.63, 3.8) is 0 Å². The van der Waals surface area contributed by atoms with Crippen LogP contribution < -0.4 is 4.74 Å². The Morgan fingerprint density at radius 2 is 2.00 bits per heavy atom. The number of amides is 1. The highest BCUT2D eigenvalue weighted by Gasteiger charge is 2.23. The zero-order valence-electron chi connectivity index (χ0n) is 13.6. The molecule has 5 heteroatoms. The lowest BCUT2D eigenvalue weighted by Gasteiger charge is -2.34. The molecule has 1 aliphatic rings. The first-order chi connectivity index (χ1) is 11.2. The maximum Gasteiger partial charge on any atom is 0.289 e. The number of hydrogen-bond donors (Lipinski definition) is 0. The quantitative estimate of drug-likeness (QED) is 0.870. The van der Waals surface area contributed by atoms with E-state index in [9.17, 15) is 4.79 Å². The average molecular weight is 314 g/mol. The van der Waals surface area contributed by atoms with Gasteiger partial charge in [0, 0.05) is 32.7 Å². The molecule has 5 nitrogen and oxygen atoms in total. The third-order valence-electron chi connectivity index (χ3n) is 4.26. The average Bonchev–Trinajstić information content (AvgIpc) is 3.09. The third-order valence-corrected chi connectivity index (χ3v) is 4.26. The van der Waals surface area contributed by atoms with Crippen LogP contribution in [0.1, 0.15) is 21.7 Å². The van der Waals surface area contributed by atoms with Gasteiger partial charge in [0.05, 0.1) is 13.4 Å². The van der Waals surface area contributed by atoms with E-state index in [0.717, 1.165) is 44.0 Å². The van der Waals surface area contributed by atoms with Crippen molar-refractivity contribution >= 4 is 5.91 Å².